The van der Waals surface area contributed by atoms with Gasteiger partial charge in [-0.05, 0) is 12.1 Å². The van der Waals surface area contributed by atoms with Crippen LogP contribution in [0.2, 0.25) is 0 Å². The highest BCUT2D eigenvalue weighted by atomic mass is 32.2. The molecule has 0 radical (unpaired) electrons. The lowest BCUT2D eigenvalue weighted by Gasteiger charge is -2.00. The number of aromatic amines is 1. The molecular formula is C12H9N3OS2. The Labute approximate surface area is 111 Å². The van der Waals surface area contributed by atoms with E-state index in [2.05, 4.69) is 15.0 Å². The van der Waals surface area contributed by atoms with Gasteiger partial charge in [-0.1, -0.05) is 18.2 Å². The highest BCUT2D eigenvalue weighted by Crippen LogP contribution is 2.21. The van der Waals surface area contributed by atoms with Gasteiger partial charge < -0.3 is 4.98 Å². The smallest absolute Gasteiger partial charge is 0.270 e. The lowest BCUT2D eigenvalue weighted by molar-refractivity contribution is 1.03. The fraction of sp³-hybridized carbons (Fsp3) is 0.0833. The summed E-state index contributed by atoms with van der Waals surface area (Å²) in [6.45, 7) is 0. The van der Waals surface area contributed by atoms with Crippen LogP contribution in [0.25, 0.3) is 10.3 Å². The lowest BCUT2D eigenvalue weighted by atomic mass is 10.4. The third kappa shape index (κ3) is 2.30. The number of thiazole rings is 1. The van der Waals surface area contributed by atoms with Crippen molar-refractivity contribution in [3.63, 3.8) is 0 Å². The predicted octanol–water partition coefficient (Wildman–Crippen LogP) is 2.67. The Kier molecular flexibility index (Phi) is 3.12. The first-order valence-electron chi connectivity index (χ1n) is 5.33. The molecule has 0 aliphatic rings. The van der Waals surface area contributed by atoms with Gasteiger partial charge >= 0.3 is 0 Å². The minimum absolute atomic E-state index is 0.105. The maximum absolute atomic E-state index is 11.7. The van der Waals surface area contributed by atoms with Gasteiger partial charge in [-0.2, -0.15) is 0 Å². The first-order valence-corrected chi connectivity index (χ1v) is 7.20. The molecule has 6 heteroatoms. The van der Waals surface area contributed by atoms with Crippen LogP contribution in [0.1, 0.15) is 5.82 Å². The summed E-state index contributed by atoms with van der Waals surface area (Å²) in [4.78, 5) is 24.1. The van der Waals surface area contributed by atoms with E-state index in [9.17, 15) is 4.79 Å². The molecule has 0 unspecified atom stereocenters. The third-order valence-corrected chi connectivity index (χ3v) is 4.21. The van der Waals surface area contributed by atoms with Gasteiger partial charge in [0.15, 0.2) is 5.65 Å². The van der Waals surface area contributed by atoms with Crippen molar-refractivity contribution in [2.45, 2.75) is 10.6 Å². The number of hydrogen-bond acceptors (Lipinski definition) is 5. The summed E-state index contributed by atoms with van der Waals surface area (Å²) >= 11 is 2.95. The minimum Gasteiger partial charge on any atom is -0.308 e. The van der Waals surface area contributed by atoms with E-state index in [1.807, 2.05) is 30.3 Å². The monoisotopic (exact) mass is 275 g/mol. The van der Waals surface area contributed by atoms with E-state index in [0.29, 0.717) is 21.9 Å². The van der Waals surface area contributed by atoms with Crippen LogP contribution in [0, 0.1) is 0 Å². The van der Waals surface area contributed by atoms with Crippen molar-refractivity contribution in [1.82, 2.24) is 15.0 Å². The van der Waals surface area contributed by atoms with E-state index in [-0.39, 0.29) is 5.56 Å². The first kappa shape index (κ1) is 11.4. The Balaban J connectivity index is 1.85. The minimum atomic E-state index is -0.105. The lowest BCUT2D eigenvalue weighted by Crippen LogP contribution is -2.09. The van der Waals surface area contributed by atoms with Crippen LogP contribution in [-0.2, 0) is 5.75 Å². The Hall–Kier alpha value is -1.66. The molecule has 0 atom stereocenters. The zero-order valence-electron chi connectivity index (χ0n) is 9.29. The van der Waals surface area contributed by atoms with E-state index < -0.39 is 0 Å². The van der Waals surface area contributed by atoms with E-state index in [0.717, 1.165) is 4.90 Å². The molecule has 90 valence electrons. The number of fused-ring (bicyclic) bond motifs is 1. The van der Waals surface area contributed by atoms with E-state index in [1.165, 1.54) is 11.3 Å². The average molecular weight is 275 g/mol. The summed E-state index contributed by atoms with van der Waals surface area (Å²) in [6.07, 6.45) is 0. The molecule has 2 heterocycles. The normalized spacial score (nSPS) is 10.9. The number of nitrogens with zero attached hydrogens (tertiary/aromatic N) is 2. The van der Waals surface area contributed by atoms with Crippen molar-refractivity contribution >= 4 is 33.4 Å². The van der Waals surface area contributed by atoms with Crippen molar-refractivity contribution < 1.29 is 0 Å². The maximum atomic E-state index is 11.7. The number of rotatable bonds is 3. The molecule has 2 aromatic heterocycles. The van der Waals surface area contributed by atoms with Crippen molar-refractivity contribution in [3.05, 3.63) is 52.0 Å². The number of hydrogen-bond donors (Lipinski definition) is 1. The van der Waals surface area contributed by atoms with Crippen LogP contribution in [0.15, 0.2) is 45.5 Å². The van der Waals surface area contributed by atoms with Gasteiger partial charge in [0, 0.05) is 4.90 Å². The number of aromatic nitrogens is 3. The molecule has 3 rings (SSSR count). The Morgan fingerprint density at radius 2 is 2.11 bits per heavy atom. The summed E-state index contributed by atoms with van der Waals surface area (Å²) in [7, 11) is 0. The largest absolute Gasteiger partial charge is 0.308 e. The number of nitrogens with one attached hydrogen (secondary N) is 1. The van der Waals surface area contributed by atoms with Gasteiger partial charge in [0.1, 0.15) is 10.5 Å². The Morgan fingerprint density at radius 1 is 1.28 bits per heavy atom. The fourth-order valence-electron chi connectivity index (χ4n) is 1.56. The highest BCUT2D eigenvalue weighted by Gasteiger charge is 2.06. The molecule has 1 aromatic carbocycles. The maximum Gasteiger partial charge on any atom is 0.270 e. The number of benzene rings is 1. The fourth-order valence-corrected chi connectivity index (χ4v) is 2.96. The van der Waals surface area contributed by atoms with Crippen LogP contribution in [0.3, 0.4) is 0 Å². The van der Waals surface area contributed by atoms with Crippen molar-refractivity contribution in [1.29, 1.82) is 0 Å². The molecular weight excluding hydrogens is 266 g/mol. The SMILES string of the molecule is O=c1[nH]c(CSc2ccccc2)nc2ncsc12. The van der Waals surface area contributed by atoms with Gasteiger partial charge in [0.05, 0.1) is 11.3 Å². The van der Waals surface area contributed by atoms with Gasteiger partial charge in [-0.15, -0.1) is 23.1 Å². The molecule has 0 aliphatic heterocycles. The van der Waals surface area contributed by atoms with Gasteiger partial charge in [-0.25, -0.2) is 9.97 Å². The van der Waals surface area contributed by atoms with Crippen LogP contribution in [-0.4, -0.2) is 15.0 Å². The molecule has 4 nitrogen and oxygen atoms in total. The van der Waals surface area contributed by atoms with Gasteiger partial charge in [-0.3, -0.25) is 4.79 Å². The molecule has 3 aromatic rings. The van der Waals surface area contributed by atoms with E-state index in [4.69, 9.17) is 0 Å². The predicted molar refractivity (Wildman–Crippen MR) is 74.0 cm³/mol. The molecule has 18 heavy (non-hydrogen) atoms. The number of H-pyrrole nitrogens is 1. The summed E-state index contributed by atoms with van der Waals surface area (Å²) < 4.78 is 0.587. The topological polar surface area (TPSA) is 58.6 Å². The Morgan fingerprint density at radius 3 is 2.94 bits per heavy atom. The standard InChI is InChI=1S/C12H9N3OS2/c16-12-10-11(13-7-18-10)14-9(15-12)6-17-8-4-2-1-3-5-8/h1-5,7H,6H2,(H,14,15,16). The van der Waals surface area contributed by atoms with Gasteiger partial charge in [0.2, 0.25) is 0 Å². The summed E-state index contributed by atoms with van der Waals surface area (Å²) in [5.74, 6) is 1.29. The van der Waals surface area contributed by atoms with Crippen LogP contribution >= 0.6 is 23.1 Å². The molecule has 0 saturated carbocycles. The second-order valence-electron chi connectivity index (χ2n) is 3.62. The summed E-state index contributed by atoms with van der Waals surface area (Å²) in [5, 5.41) is 0. The zero-order chi connectivity index (χ0) is 12.4. The quantitative estimate of drug-likeness (QED) is 0.747. The third-order valence-electron chi connectivity index (χ3n) is 2.37. The summed E-state index contributed by atoms with van der Waals surface area (Å²) in [5.41, 5.74) is 2.07. The average Bonchev–Trinajstić information content (AvgIpc) is 2.86. The van der Waals surface area contributed by atoms with Crippen molar-refractivity contribution in [3.8, 4) is 0 Å². The molecule has 0 fully saturated rings. The first-order chi connectivity index (χ1) is 8.83. The van der Waals surface area contributed by atoms with Crippen molar-refractivity contribution in [2.24, 2.45) is 0 Å². The Bertz CT molecular complexity index is 721. The second kappa shape index (κ2) is 4.91. The second-order valence-corrected chi connectivity index (χ2v) is 5.52. The van der Waals surface area contributed by atoms with Crippen LogP contribution < -0.4 is 5.56 Å². The molecule has 0 saturated heterocycles. The molecule has 0 amide bonds. The molecule has 0 aliphatic carbocycles. The van der Waals surface area contributed by atoms with Crippen molar-refractivity contribution in [2.75, 3.05) is 0 Å². The van der Waals surface area contributed by atoms with Crippen LogP contribution in [0.4, 0.5) is 0 Å². The van der Waals surface area contributed by atoms with E-state index in [1.54, 1.807) is 17.3 Å². The van der Waals surface area contributed by atoms with Gasteiger partial charge in [0.25, 0.3) is 5.56 Å². The number of thioether (sulfide) groups is 1. The van der Waals surface area contributed by atoms with E-state index >= 15 is 0 Å². The summed E-state index contributed by atoms with van der Waals surface area (Å²) in [6, 6.07) is 10.0. The molecule has 1 N–H and O–H groups in total. The van der Waals surface area contributed by atoms with Crippen LogP contribution in [0.5, 0.6) is 0 Å². The zero-order valence-corrected chi connectivity index (χ0v) is 10.9. The molecule has 0 spiro atoms. The highest BCUT2D eigenvalue weighted by molar-refractivity contribution is 7.98. The molecule has 0 bridgehead atoms.